The van der Waals surface area contributed by atoms with E-state index in [4.69, 9.17) is 10.1 Å². The molecular weight excluding hydrogens is 395 g/mol. The summed E-state index contributed by atoms with van der Waals surface area (Å²) in [5, 5.41) is 18.1. The van der Waals surface area contributed by atoms with Crippen LogP contribution in [-0.4, -0.2) is 48.1 Å². The average molecular weight is 425 g/mol. The lowest BCUT2D eigenvalue weighted by atomic mass is 10.1. The van der Waals surface area contributed by atoms with Crippen LogP contribution in [0.2, 0.25) is 0 Å². The molecule has 0 radical (unpaired) electrons. The Bertz CT molecular complexity index is 986. The van der Waals surface area contributed by atoms with Gasteiger partial charge in [-0.05, 0) is 44.5 Å². The molecule has 0 spiro atoms. The van der Waals surface area contributed by atoms with Gasteiger partial charge in [-0.3, -0.25) is 0 Å². The summed E-state index contributed by atoms with van der Waals surface area (Å²) in [5.41, 5.74) is 3.76. The third-order valence-electron chi connectivity index (χ3n) is 4.54. The van der Waals surface area contributed by atoms with Gasteiger partial charge in [0.2, 0.25) is 5.88 Å². The van der Waals surface area contributed by atoms with Crippen LogP contribution < -0.4 is 20.7 Å². The Morgan fingerprint density at radius 1 is 1.39 bits per heavy atom. The molecule has 0 bridgehead atoms. The van der Waals surface area contributed by atoms with Gasteiger partial charge in [0.1, 0.15) is 12.4 Å². The van der Waals surface area contributed by atoms with Gasteiger partial charge in [0.15, 0.2) is 0 Å². The highest BCUT2D eigenvalue weighted by atomic mass is 19.1. The van der Waals surface area contributed by atoms with E-state index in [-0.39, 0.29) is 17.4 Å². The first-order chi connectivity index (χ1) is 15.0. The molecule has 2 aromatic rings. The fraction of sp³-hybridized carbons (Fsp3) is 0.348. The minimum Gasteiger partial charge on any atom is -0.477 e. The van der Waals surface area contributed by atoms with Crippen molar-refractivity contribution in [1.29, 1.82) is 5.41 Å². The summed E-state index contributed by atoms with van der Waals surface area (Å²) in [6.45, 7) is 6.79. The molecule has 0 amide bonds. The molecular formula is C23H29FN6O. The highest BCUT2D eigenvalue weighted by Crippen LogP contribution is 2.34. The highest BCUT2D eigenvalue weighted by molar-refractivity contribution is 6.05. The number of nitrogens with zero attached hydrogens (tertiary/aromatic N) is 2. The van der Waals surface area contributed by atoms with Crippen LogP contribution in [0.15, 0.2) is 48.3 Å². The van der Waals surface area contributed by atoms with E-state index in [1.807, 2.05) is 39.1 Å². The van der Waals surface area contributed by atoms with Gasteiger partial charge in [-0.2, -0.15) is 0 Å². The zero-order valence-electron chi connectivity index (χ0n) is 18.1. The number of dihydropyridines is 1. The van der Waals surface area contributed by atoms with Gasteiger partial charge in [-0.15, -0.1) is 0 Å². The molecule has 0 saturated carbocycles. The zero-order valence-corrected chi connectivity index (χ0v) is 18.1. The molecule has 164 valence electrons. The van der Waals surface area contributed by atoms with Crippen molar-refractivity contribution in [3.05, 3.63) is 54.0 Å². The van der Waals surface area contributed by atoms with Gasteiger partial charge in [0, 0.05) is 31.5 Å². The van der Waals surface area contributed by atoms with Crippen molar-refractivity contribution < 1.29 is 9.13 Å². The smallest absolute Gasteiger partial charge is 0.222 e. The van der Waals surface area contributed by atoms with Gasteiger partial charge in [0.05, 0.1) is 35.0 Å². The predicted octanol–water partition coefficient (Wildman–Crippen LogP) is 4.16. The van der Waals surface area contributed by atoms with Crippen molar-refractivity contribution in [2.45, 2.75) is 26.8 Å². The molecule has 4 N–H and O–H groups in total. The summed E-state index contributed by atoms with van der Waals surface area (Å²) >= 11 is 0. The number of rotatable bonds is 10. The van der Waals surface area contributed by atoms with Crippen molar-refractivity contribution in [2.75, 3.05) is 37.0 Å². The predicted molar refractivity (Wildman–Crippen MR) is 124 cm³/mol. The molecule has 2 aromatic heterocycles. The number of anilines is 2. The van der Waals surface area contributed by atoms with Gasteiger partial charge in [0.25, 0.3) is 0 Å². The first kappa shape index (κ1) is 22.3. The largest absolute Gasteiger partial charge is 0.477 e. The Morgan fingerprint density at radius 2 is 2.23 bits per heavy atom. The van der Waals surface area contributed by atoms with Crippen LogP contribution >= 0.6 is 0 Å². The molecule has 1 aliphatic rings. The Balaban J connectivity index is 2.10. The molecule has 0 atom stereocenters. The molecule has 8 heteroatoms. The van der Waals surface area contributed by atoms with Gasteiger partial charge in [-0.1, -0.05) is 12.2 Å². The van der Waals surface area contributed by atoms with Crippen LogP contribution in [0.4, 0.5) is 15.8 Å². The highest BCUT2D eigenvalue weighted by Gasteiger charge is 2.20. The normalized spacial score (nSPS) is 12.9. The molecule has 0 aromatic carbocycles. The first-order valence-corrected chi connectivity index (χ1v) is 10.4. The number of aromatic nitrogens is 2. The molecule has 0 unspecified atom stereocenters. The van der Waals surface area contributed by atoms with Crippen molar-refractivity contribution in [3.8, 4) is 17.1 Å². The Morgan fingerprint density at radius 3 is 2.90 bits per heavy atom. The summed E-state index contributed by atoms with van der Waals surface area (Å²) < 4.78 is 19.2. The van der Waals surface area contributed by atoms with E-state index >= 15 is 0 Å². The van der Waals surface area contributed by atoms with E-state index in [0.29, 0.717) is 36.0 Å². The van der Waals surface area contributed by atoms with Gasteiger partial charge >= 0.3 is 0 Å². The van der Waals surface area contributed by atoms with Crippen LogP contribution in [0.3, 0.4) is 0 Å². The third-order valence-corrected chi connectivity index (χ3v) is 4.54. The van der Waals surface area contributed by atoms with E-state index in [9.17, 15) is 4.39 Å². The maximum Gasteiger partial charge on any atom is 0.222 e. The van der Waals surface area contributed by atoms with Crippen molar-refractivity contribution in [1.82, 2.24) is 15.3 Å². The summed E-state index contributed by atoms with van der Waals surface area (Å²) in [6, 6.07) is 5.63. The lowest BCUT2D eigenvalue weighted by molar-refractivity contribution is 0.328. The molecule has 3 heterocycles. The van der Waals surface area contributed by atoms with E-state index in [2.05, 4.69) is 38.1 Å². The summed E-state index contributed by atoms with van der Waals surface area (Å²) in [5.74, 6) is 0.452. The second-order valence-corrected chi connectivity index (χ2v) is 7.36. The number of hydrogen-bond acceptors (Lipinski definition) is 7. The Kier molecular flexibility index (Phi) is 7.59. The van der Waals surface area contributed by atoms with Gasteiger partial charge in [-0.25, -0.2) is 14.4 Å². The molecule has 1 aliphatic heterocycles. The molecule has 3 rings (SSSR count). The van der Waals surface area contributed by atoms with Crippen molar-refractivity contribution in [2.24, 2.45) is 0 Å². The molecule has 0 aliphatic carbocycles. The lowest BCUT2D eigenvalue weighted by Crippen LogP contribution is -2.20. The van der Waals surface area contributed by atoms with Crippen molar-refractivity contribution in [3.63, 3.8) is 0 Å². The first-order valence-electron chi connectivity index (χ1n) is 10.4. The number of pyridine rings is 2. The second-order valence-electron chi connectivity index (χ2n) is 7.36. The molecule has 0 fully saturated rings. The zero-order chi connectivity index (χ0) is 22.2. The van der Waals surface area contributed by atoms with Crippen molar-refractivity contribution >= 4 is 17.1 Å². The number of halogens is 1. The molecule has 0 saturated heterocycles. The number of alkyl halides is 1. The number of hydrogen-bond donors (Lipinski definition) is 4. The van der Waals surface area contributed by atoms with E-state index in [0.717, 1.165) is 17.8 Å². The van der Waals surface area contributed by atoms with Crippen LogP contribution in [0, 0.1) is 5.41 Å². The minimum atomic E-state index is -0.911. The lowest BCUT2D eigenvalue weighted by Gasteiger charge is -2.21. The quantitative estimate of drug-likeness (QED) is 0.428. The monoisotopic (exact) mass is 424 g/mol. The average Bonchev–Trinajstić information content (AvgIpc) is 2.78. The molecule has 7 nitrogen and oxygen atoms in total. The summed E-state index contributed by atoms with van der Waals surface area (Å²) in [6.07, 6.45) is 7.72. The number of ether oxygens (including phenoxy) is 1. The summed E-state index contributed by atoms with van der Waals surface area (Å²) in [7, 11) is 0. The van der Waals surface area contributed by atoms with E-state index < -0.39 is 6.67 Å². The maximum atomic E-state index is 13.6. The third kappa shape index (κ3) is 5.59. The van der Waals surface area contributed by atoms with E-state index in [1.165, 1.54) is 0 Å². The van der Waals surface area contributed by atoms with E-state index in [1.54, 1.807) is 12.3 Å². The fourth-order valence-corrected chi connectivity index (χ4v) is 3.20. The van der Waals surface area contributed by atoms with Crippen LogP contribution in [-0.2, 0) is 0 Å². The van der Waals surface area contributed by atoms with Crippen LogP contribution in [0.1, 0.15) is 26.5 Å². The van der Waals surface area contributed by atoms with Crippen LogP contribution in [0.25, 0.3) is 11.3 Å². The Labute approximate surface area is 182 Å². The SMILES string of the molecule is CCOc1ncccc1-c1cc(NCC2=CNCC=C2)c(NC(C)C)c(C(=N)CF)n1. The standard InChI is InChI=1S/C23H29FN6O/c1-4-31-23-17(8-6-10-27-23)19-11-20(28-14-16-7-5-9-26-13-16)22(29-15(2)3)21(30-19)18(25)12-24/h5-8,10-11,13,15,25-26,29H,4,9,12,14H2,1-3H3,(H,28,30). The molecule has 31 heavy (non-hydrogen) atoms. The number of nitrogens with one attached hydrogen (secondary N) is 4. The Hall–Kier alpha value is -3.42. The maximum absolute atomic E-state index is 13.6. The minimum absolute atomic E-state index is 0.0761. The topological polar surface area (TPSA) is 95.0 Å². The fourth-order valence-electron chi connectivity index (χ4n) is 3.20. The second kappa shape index (κ2) is 10.6. The van der Waals surface area contributed by atoms with Gasteiger partial charge < -0.3 is 26.1 Å². The summed E-state index contributed by atoms with van der Waals surface area (Å²) in [4.78, 5) is 8.94. The van der Waals surface area contributed by atoms with Crippen LogP contribution in [0.5, 0.6) is 5.88 Å².